The fourth-order valence-electron chi connectivity index (χ4n) is 4.11. The van der Waals surface area contributed by atoms with Crippen LogP contribution in [-0.2, 0) is 11.8 Å². The number of aryl methyl sites for hydroxylation is 1. The predicted molar refractivity (Wildman–Crippen MR) is 107 cm³/mol. The smallest absolute Gasteiger partial charge is 0.253 e. The molecule has 0 spiro atoms. The summed E-state index contributed by atoms with van der Waals surface area (Å²) in [5.74, 6) is 0.0946. The molecule has 2 aliphatic rings. The molecule has 2 aliphatic heterocycles. The highest BCUT2D eigenvalue weighted by molar-refractivity contribution is 5.98. The molecule has 29 heavy (non-hydrogen) atoms. The van der Waals surface area contributed by atoms with Gasteiger partial charge in [0.1, 0.15) is 0 Å². The average molecular weight is 392 g/mol. The number of anilines is 1. The van der Waals surface area contributed by atoms with Crippen molar-refractivity contribution in [1.82, 2.24) is 19.6 Å². The van der Waals surface area contributed by atoms with Crippen LogP contribution in [0.5, 0.6) is 0 Å². The zero-order chi connectivity index (χ0) is 20.4. The van der Waals surface area contributed by atoms with Gasteiger partial charge in [0.25, 0.3) is 5.91 Å². The van der Waals surface area contributed by atoms with Crippen molar-refractivity contribution in [2.45, 2.75) is 18.9 Å². The summed E-state index contributed by atoms with van der Waals surface area (Å²) in [5, 5.41) is 13.1. The van der Waals surface area contributed by atoms with E-state index in [4.69, 9.17) is 5.26 Å². The van der Waals surface area contributed by atoms with Crippen LogP contribution in [0.2, 0.25) is 0 Å². The summed E-state index contributed by atoms with van der Waals surface area (Å²) in [7, 11) is 1.85. The molecule has 0 saturated carbocycles. The Labute approximate surface area is 169 Å². The maximum atomic E-state index is 13.1. The highest BCUT2D eigenvalue weighted by atomic mass is 16.2. The number of nitrogens with zero attached hydrogens (tertiary/aromatic N) is 6. The summed E-state index contributed by atoms with van der Waals surface area (Å²) in [6.45, 7) is 3.27. The van der Waals surface area contributed by atoms with Crippen molar-refractivity contribution in [3.63, 3.8) is 0 Å². The van der Waals surface area contributed by atoms with E-state index in [2.05, 4.69) is 16.1 Å². The zero-order valence-corrected chi connectivity index (χ0v) is 16.5. The molecule has 0 aliphatic carbocycles. The molecule has 150 valence electrons. The third kappa shape index (κ3) is 3.87. The van der Waals surface area contributed by atoms with E-state index in [9.17, 15) is 9.59 Å². The Balaban J connectivity index is 1.38. The van der Waals surface area contributed by atoms with Crippen LogP contribution in [0, 0.1) is 11.3 Å². The number of carbonyl (C=O) groups excluding carboxylic acids is 2. The van der Waals surface area contributed by atoms with Crippen molar-refractivity contribution in [2.24, 2.45) is 7.05 Å². The third-order valence-corrected chi connectivity index (χ3v) is 5.72. The van der Waals surface area contributed by atoms with Gasteiger partial charge in [-0.15, -0.1) is 0 Å². The van der Waals surface area contributed by atoms with Gasteiger partial charge in [-0.25, -0.2) is 0 Å². The van der Waals surface area contributed by atoms with Crippen molar-refractivity contribution in [3.8, 4) is 6.07 Å². The first kappa shape index (κ1) is 19.2. The summed E-state index contributed by atoms with van der Waals surface area (Å²) < 4.78 is 1.71. The number of amides is 2. The second kappa shape index (κ2) is 8.05. The van der Waals surface area contributed by atoms with Crippen LogP contribution in [0.3, 0.4) is 0 Å². The maximum Gasteiger partial charge on any atom is 0.253 e. The lowest BCUT2D eigenvalue weighted by atomic mass is 10.0. The predicted octanol–water partition coefficient (Wildman–Crippen LogP) is 1.25. The summed E-state index contributed by atoms with van der Waals surface area (Å²) in [4.78, 5) is 31.7. The molecule has 3 heterocycles. The molecule has 0 N–H and O–H groups in total. The van der Waals surface area contributed by atoms with Gasteiger partial charge in [0, 0.05) is 51.5 Å². The van der Waals surface area contributed by atoms with E-state index in [-0.39, 0.29) is 17.9 Å². The minimum Gasteiger partial charge on any atom is -0.336 e. The Morgan fingerprint density at radius 2 is 1.86 bits per heavy atom. The minimum absolute atomic E-state index is 0.0268. The Kier molecular flexibility index (Phi) is 5.32. The lowest BCUT2D eigenvalue weighted by molar-refractivity contribution is -0.126. The van der Waals surface area contributed by atoms with Crippen molar-refractivity contribution in [1.29, 1.82) is 5.26 Å². The van der Waals surface area contributed by atoms with Crippen LogP contribution in [-0.4, -0.2) is 70.2 Å². The third-order valence-electron chi connectivity index (χ3n) is 5.72. The molecule has 1 aromatic carbocycles. The molecule has 2 aromatic rings. The van der Waals surface area contributed by atoms with E-state index in [1.165, 1.54) is 0 Å². The lowest BCUT2D eigenvalue weighted by Gasteiger charge is -2.42. The van der Waals surface area contributed by atoms with Gasteiger partial charge in [0.05, 0.1) is 29.6 Å². The maximum absolute atomic E-state index is 13.1. The summed E-state index contributed by atoms with van der Waals surface area (Å²) in [5.41, 5.74) is 1.98. The first-order chi connectivity index (χ1) is 14.1. The number of aromatic nitrogens is 2. The number of piperidine rings is 1. The highest BCUT2D eigenvalue weighted by Crippen LogP contribution is 2.24. The van der Waals surface area contributed by atoms with Gasteiger partial charge in [0.2, 0.25) is 5.91 Å². The van der Waals surface area contributed by atoms with Crippen LogP contribution >= 0.6 is 0 Å². The fraction of sp³-hybridized carbons (Fsp3) is 0.429. The van der Waals surface area contributed by atoms with Crippen LogP contribution in [0.25, 0.3) is 0 Å². The van der Waals surface area contributed by atoms with E-state index >= 15 is 0 Å². The highest BCUT2D eigenvalue weighted by Gasteiger charge is 2.36. The largest absolute Gasteiger partial charge is 0.336 e. The normalized spacial score (nSPS) is 20.6. The number of piperazine rings is 1. The quantitative estimate of drug-likeness (QED) is 0.785. The lowest BCUT2D eigenvalue weighted by Crippen LogP contribution is -2.58. The van der Waals surface area contributed by atoms with Gasteiger partial charge < -0.3 is 9.80 Å². The Morgan fingerprint density at radius 3 is 2.48 bits per heavy atom. The summed E-state index contributed by atoms with van der Waals surface area (Å²) in [6, 6.07) is 8.64. The monoisotopic (exact) mass is 392 g/mol. The molecule has 1 aromatic heterocycles. The first-order valence-corrected chi connectivity index (χ1v) is 9.90. The van der Waals surface area contributed by atoms with E-state index in [1.54, 1.807) is 35.1 Å². The van der Waals surface area contributed by atoms with E-state index in [1.807, 2.05) is 23.0 Å². The van der Waals surface area contributed by atoms with Crippen LogP contribution in [0.15, 0.2) is 36.7 Å². The average Bonchev–Trinajstić information content (AvgIpc) is 3.19. The van der Waals surface area contributed by atoms with Gasteiger partial charge in [0.15, 0.2) is 0 Å². The Morgan fingerprint density at radius 1 is 1.14 bits per heavy atom. The molecule has 2 amide bonds. The molecule has 2 saturated heterocycles. The summed E-state index contributed by atoms with van der Waals surface area (Å²) >= 11 is 0. The van der Waals surface area contributed by atoms with E-state index < -0.39 is 0 Å². The molecule has 0 unspecified atom stereocenters. The van der Waals surface area contributed by atoms with Crippen molar-refractivity contribution in [3.05, 3.63) is 47.8 Å². The van der Waals surface area contributed by atoms with Crippen LogP contribution in [0.4, 0.5) is 5.69 Å². The Hall–Kier alpha value is -3.18. The van der Waals surface area contributed by atoms with Gasteiger partial charge >= 0.3 is 0 Å². The van der Waals surface area contributed by atoms with Crippen molar-refractivity contribution >= 4 is 17.5 Å². The molecule has 0 radical (unpaired) electrons. The fourth-order valence-corrected chi connectivity index (χ4v) is 4.11. The SMILES string of the molecule is Cn1cc(N2CCC[C@H](N3CCN(C(=O)c4ccc(C#N)cc4)CC3)C2=O)cn1. The number of benzene rings is 1. The van der Waals surface area contributed by atoms with Crippen LogP contribution in [0.1, 0.15) is 28.8 Å². The summed E-state index contributed by atoms with van der Waals surface area (Å²) in [6.07, 6.45) is 5.40. The van der Waals surface area contributed by atoms with Gasteiger partial charge in [-0.3, -0.25) is 19.2 Å². The topological polar surface area (TPSA) is 85.5 Å². The van der Waals surface area contributed by atoms with Crippen LogP contribution < -0.4 is 4.90 Å². The first-order valence-electron chi connectivity index (χ1n) is 9.90. The number of hydrogen-bond donors (Lipinski definition) is 0. The second-order valence-corrected chi connectivity index (χ2v) is 7.54. The molecule has 1 atom stereocenters. The number of nitriles is 1. The molecule has 8 heteroatoms. The molecule has 0 bridgehead atoms. The molecule has 4 rings (SSSR count). The second-order valence-electron chi connectivity index (χ2n) is 7.54. The standard InChI is InChI=1S/C21H24N6O2/c1-24-15-18(14-23-24)27-8-2-3-19(21(27)29)25-9-11-26(12-10-25)20(28)17-6-4-16(13-22)5-7-17/h4-7,14-15,19H,2-3,8-12H2,1H3/t19-/m0/s1. The van der Waals surface area contributed by atoms with E-state index in [0.717, 1.165) is 25.1 Å². The van der Waals surface area contributed by atoms with E-state index in [0.29, 0.717) is 37.3 Å². The zero-order valence-electron chi connectivity index (χ0n) is 16.5. The Bertz CT molecular complexity index is 937. The molecule has 2 fully saturated rings. The van der Waals surface area contributed by atoms with Crippen molar-refractivity contribution < 1.29 is 9.59 Å². The van der Waals surface area contributed by atoms with Gasteiger partial charge in [-0.1, -0.05) is 0 Å². The number of hydrogen-bond acceptors (Lipinski definition) is 5. The molecular formula is C21H24N6O2. The minimum atomic E-state index is -0.142. The van der Waals surface area contributed by atoms with Gasteiger partial charge in [-0.05, 0) is 37.1 Å². The van der Waals surface area contributed by atoms with Crippen molar-refractivity contribution in [2.75, 3.05) is 37.6 Å². The number of carbonyl (C=O) groups is 2. The number of rotatable bonds is 3. The molecule has 8 nitrogen and oxygen atoms in total. The van der Waals surface area contributed by atoms with Gasteiger partial charge in [-0.2, -0.15) is 10.4 Å². The molecular weight excluding hydrogens is 368 g/mol.